The molecule has 0 N–H and O–H groups in total. The molecule has 3 unspecified atom stereocenters. The van der Waals surface area contributed by atoms with Crippen molar-refractivity contribution in [3.63, 3.8) is 0 Å². The van der Waals surface area contributed by atoms with Crippen LogP contribution < -0.4 is 0 Å². The van der Waals surface area contributed by atoms with Crippen molar-refractivity contribution in [1.29, 1.82) is 0 Å². The molecule has 3 aliphatic rings. The Balaban J connectivity index is 2.13. The van der Waals surface area contributed by atoms with Crippen molar-refractivity contribution < 1.29 is 14.3 Å². The maximum atomic E-state index is 11.5. The number of esters is 2. The molecule has 0 radical (unpaired) electrons. The van der Waals surface area contributed by atoms with Gasteiger partial charge >= 0.3 is 11.9 Å². The molecule has 0 aromatic carbocycles. The third kappa shape index (κ3) is 0.907. The zero-order chi connectivity index (χ0) is 10.7. The number of cyclic esters (lactones) is 2. The van der Waals surface area contributed by atoms with Gasteiger partial charge in [-0.25, -0.2) is 0 Å². The molecular weight excluding hydrogens is 192 g/mol. The molecule has 1 saturated heterocycles. The normalized spacial score (nSPS) is 41.1. The lowest BCUT2D eigenvalue weighted by Crippen LogP contribution is -2.21. The van der Waals surface area contributed by atoms with Crippen LogP contribution in [0.15, 0.2) is 23.3 Å². The Hall–Kier alpha value is -1.38. The smallest absolute Gasteiger partial charge is 0.318 e. The third-order valence-corrected chi connectivity index (χ3v) is 3.73. The molecule has 15 heavy (non-hydrogen) atoms. The first-order valence-electron chi connectivity index (χ1n) is 5.22. The van der Waals surface area contributed by atoms with E-state index in [2.05, 4.69) is 0 Å². The summed E-state index contributed by atoms with van der Waals surface area (Å²) in [6.07, 6.45) is 4.10. The van der Waals surface area contributed by atoms with Gasteiger partial charge in [0.25, 0.3) is 0 Å². The number of fused-ring (bicyclic) bond motifs is 5. The molecule has 2 aliphatic carbocycles. The summed E-state index contributed by atoms with van der Waals surface area (Å²) in [7, 11) is 0. The molecule has 2 fully saturated rings. The van der Waals surface area contributed by atoms with Gasteiger partial charge in [0.1, 0.15) is 0 Å². The van der Waals surface area contributed by atoms with Crippen molar-refractivity contribution >= 4 is 11.9 Å². The van der Waals surface area contributed by atoms with Crippen LogP contribution in [0.1, 0.15) is 13.8 Å². The van der Waals surface area contributed by atoms with Crippen LogP contribution in [-0.2, 0) is 14.3 Å². The number of hydrogen-bond acceptors (Lipinski definition) is 3. The Morgan fingerprint density at radius 3 is 1.93 bits per heavy atom. The Bertz CT molecular complexity index is 394. The highest BCUT2D eigenvalue weighted by atomic mass is 16.6. The van der Waals surface area contributed by atoms with E-state index >= 15 is 0 Å². The quantitative estimate of drug-likeness (QED) is 0.341. The summed E-state index contributed by atoms with van der Waals surface area (Å²) in [5.41, 5.74) is 2.49. The summed E-state index contributed by atoms with van der Waals surface area (Å²) in [6.45, 7) is 4.08. The van der Waals surface area contributed by atoms with Crippen molar-refractivity contribution in [2.75, 3.05) is 0 Å². The molecule has 78 valence electrons. The maximum Gasteiger partial charge on any atom is 0.318 e. The highest BCUT2D eigenvalue weighted by Gasteiger charge is 2.60. The van der Waals surface area contributed by atoms with Crippen LogP contribution in [0.3, 0.4) is 0 Å². The number of carbonyl (C=O) groups is 2. The lowest BCUT2D eigenvalue weighted by molar-refractivity contribution is -0.154. The average molecular weight is 204 g/mol. The molecule has 1 saturated carbocycles. The number of rotatable bonds is 0. The first kappa shape index (κ1) is 8.89. The van der Waals surface area contributed by atoms with Gasteiger partial charge < -0.3 is 4.74 Å². The van der Waals surface area contributed by atoms with Crippen LogP contribution in [0, 0.1) is 23.7 Å². The topological polar surface area (TPSA) is 43.4 Å². The van der Waals surface area contributed by atoms with Crippen molar-refractivity contribution in [2.24, 2.45) is 23.7 Å². The van der Waals surface area contributed by atoms with E-state index in [0.29, 0.717) is 0 Å². The molecule has 0 amide bonds. The maximum absolute atomic E-state index is 11.5. The predicted molar refractivity (Wildman–Crippen MR) is 52.6 cm³/mol. The van der Waals surface area contributed by atoms with E-state index in [4.69, 9.17) is 4.74 Å². The van der Waals surface area contributed by atoms with Gasteiger partial charge in [-0.15, -0.1) is 0 Å². The van der Waals surface area contributed by atoms with Gasteiger partial charge in [-0.2, -0.15) is 0 Å². The fourth-order valence-electron chi connectivity index (χ4n) is 3.23. The molecule has 0 aromatic heterocycles. The lowest BCUT2D eigenvalue weighted by Gasteiger charge is -2.11. The van der Waals surface area contributed by atoms with Crippen molar-refractivity contribution in [3.05, 3.63) is 23.3 Å². The Kier molecular flexibility index (Phi) is 1.54. The van der Waals surface area contributed by atoms with Crippen molar-refractivity contribution in [1.82, 2.24) is 0 Å². The molecule has 3 heteroatoms. The van der Waals surface area contributed by atoms with E-state index in [1.54, 1.807) is 0 Å². The van der Waals surface area contributed by atoms with E-state index < -0.39 is 0 Å². The third-order valence-electron chi connectivity index (χ3n) is 3.73. The minimum Gasteiger partial charge on any atom is -0.393 e. The number of carbonyl (C=O) groups excluding carboxylic acids is 2. The van der Waals surface area contributed by atoms with E-state index in [9.17, 15) is 9.59 Å². The molecule has 3 rings (SSSR count). The second-order valence-electron chi connectivity index (χ2n) is 4.68. The van der Waals surface area contributed by atoms with Gasteiger partial charge in [0, 0.05) is 11.8 Å². The van der Waals surface area contributed by atoms with Gasteiger partial charge in [-0.3, -0.25) is 9.59 Å². The van der Waals surface area contributed by atoms with Crippen molar-refractivity contribution in [2.45, 2.75) is 13.8 Å². The van der Waals surface area contributed by atoms with E-state index in [1.807, 2.05) is 26.0 Å². The van der Waals surface area contributed by atoms with Gasteiger partial charge in [0.15, 0.2) is 0 Å². The molecule has 0 aromatic rings. The molecular formula is C12H12O3. The molecule has 0 spiro atoms. The monoisotopic (exact) mass is 204 g/mol. The zero-order valence-corrected chi connectivity index (χ0v) is 8.69. The summed E-state index contributed by atoms with van der Waals surface area (Å²) in [5.74, 6) is -0.913. The minimum absolute atomic E-state index is 0.115. The van der Waals surface area contributed by atoms with Crippen molar-refractivity contribution in [3.8, 4) is 0 Å². The van der Waals surface area contributed by atoms with E-state index in [-0.39, 0.29) is 35.6 Å². The summed E-state index contributed by atoms with van der Waals surface area (Å²) in [4.78, 5) is 23.0. The fraction of sp³-hybridized carbons (Fsp3) is 0.500. The van der Waals surface area contributed by atoms with Crippen LogP contribution in [0.25, 0.3) is 0 Å². The van der Waals surface area contributed by atoms with Crippen LogP contribution >= 0.6 is 0 Å². The number of hydrogen-bond donors (Lipinski definition) is 0. The van der Waals surface area contributed by atoms with Gasteiger partial charge in [-0.1, -0.05) is 23.3 Å². The Labute approximate surface area is 87.8 Å². The largest absolute Gasteiger partial charge is 0.393 e. The molecule has 3 nitrogen and oxygen atoms in total. The first-order chi connectivity index (χ1) is 7.11. The SMILES string of the molecule is CC(C)=C1C2C=CC1[C@H]1C(=O)OC(=O)C21. The fourth-order valence-corrected chi connectivity index (χ4v) is 3.23. The Morgan fingerprint density at radius 1 is 1.07 bits per heavy atom. The first-order valence-corrected chi connectivity index (χ1v) is 5.22. The molecule has 1 aliphatic heterocycles. The van der Waals surface area contributed by atoms with Crippen LogP contribution in [0.2, 0.25) is 0 Å². The van der Waals surface area contributed by atoms with E-state index in [1.165, 1.54) is 11.1 Å². The Morgan fingerprint density at radius 2 is 1.53 bits per heavy atom. The second-order valence-corrected chi connectivity index (χ2v) is 4.68. The summed E-state index contributed by atoms with van der Waals surface area (Å²) in [6, 6.07) is 0. The van der Waals surface area contributed by atoms with Gasteiger partial charge in [0.05, 0.1) is 11.8 Å². The zero-order valence-electron chi connectivity index (χ0n) is 8.69. The lowest BCUT2D eigenvalue weighted by atomic mass is 9.85. The van der Waals surface area contributed by atoms with E-state index in [0.717, 1.165) is 0 Å². The molecule has 1 heterocycles. The molecule has 2 bridgehead atoms. The molecule has 4 atom stereocenters. The number of allylic oxidation sites excluding steroid dienone is 4. The second kappa shape index (κ2) is 2.60. The van der Waals surface area contributed by atoms with Crippen LogP contribution in [0.4, 0.5) is 0 Å². The average Bonchev–Trinajstić information content (AvgIpc) is 2.77. The summed E-state index contributed by atoms with van der Waals surface area (Å²) < 4.78 is 4.70. The highest BCUT2D eigenvalue weighted by Crippen LogP contribution is 2.55. The van der Waals surface area contributed by atoms with Gasteiger partial charge in [-0.05, 0) is 13.8 Å². The standard InChI is InChI=1S/C12H12O3/c1-5(2)8-6-3-4-7(8)10-9(6)11(13)15-12(10)14/h3-4,6-7,9-10H,1-2H3/t6?,7?,9-,10?/m1/s1. The van der Waals surface area contributed by atoms with Crippen LogP contribution in [0.5, 0.6) is 0 Å². The van der Waals surface area contributed by atoms with Gasteiger partial charge in [0.2, 0.25) is 0 Å². The minimum atomic E-state index is -0.333. The van der Waals surface area contributed by atoms with Crippen LogP contribution in [-0.4, -0.2) is 11.9 Å². The number of ether oxygens (including phenoxy) is 1. The highest BCUT2D eigenvalue weighted by molar-refractivity contribution is 5.99. The predicted octanol–water partition coefficient (Wildman–Crippen LogP) is 1.45. The summed E-state index contributed by atoms with van der Waals surface area (Å²) in [5, 5.41) is 0. The summed E-state index contributed by atoms with van der Waals surface area (Å²) >= 11 is 0.